The molecule has 5 nitrogen and oxygen atoms in total. The number of nitrogens with one attached hydrogen (secondary N) is 2. The third-order valence-corrected chi connectivity index (χ3v) is 5.66. The fourth-order valence-corrected chi connectivity index (χ4v) is 4.10. The van der Waals surface area contributed by atoms with Gasteiger partial charge in [-0.25, -0.2) is 9.18 Å². The van der Waals surface area contributed by atoms with Crippen LogP contribution < -0.4 is 15.5 Å². The van der Waals surface area contributed by atoms with Crippen molar-refractivity contribution in [3.8, 4) is 0 Å². The van der Waals surface area contributed by atoms with Crippen LogP contribution in [0.1, 0.15) is 32.6 Å². The minimum Gasteiger partial charge on any atom is -0.371 e. The first-order chi connectivity index (χ1) is 13.1. The Morgan fingerprint density at radius 1 is 1.15 bits per heavy atom. The van der Waals surface area contributed by atoms with Crippen LogP contribution >= 0.6 is 0 Å². The average Bonchev–Trinajstić information content (AvgIpc) is 3.15. The smallest absolute Gasteiger partial charge is 0.314 e. The van der Waals surface area contributed by atoms with E-state index in [1.807, 2.05) is 12.1 Å². The molecule has 0 aromatic heterocycles. The normalized spacial score (nSPS) is 21.9. The van der Waals surface area contributed by atoms with Gasteiger partial charge >= 0.3 is 6.03 Å². The topological polar surface area (TPSA) is 47.6 Å². The van der Waals surface area contributed by atoms with Gasteiger partial charge in [-0.1, -0.05) is 13.3 Å². The molecule has 6 heteroatoms. The van der Waals surface area contributed by atoms with E-state index in [9.17, 15) is 9.18 Å². The lowest BCUT2D eigenvalue weighted by atomic mass is 10.1. The molecule has 2 saturated heterocycles. The third kappa shape index (κ3) is 6.38. The number of nitrogens with zero attached hydrogens (tertiary/aromatic N) is 2. The molecule has 0 aliphatic carbocycles. The fourth-order valence-electron chi connectivity index (χ4n) is 4.10. The van der Waals surface area contributed by atoms with Crippen LogP contribution in [-0.4, -0.2) is 56.7 Å². The second-order valence-electron chi connectivity index (χ2n) is 8.13. The number of amides is 2. The lowest BCUT2D eigenvalue weighted by Gasteiger charge is -2.29. The summed E-state index contributed by atoms with van der Waals surface area (Å²) in [5.74, 6) is 0.697. The molecule has 2 N–H and O–H groups in total. The molecule has 2 aliphatic rings. The number of hydrogen-bond acceptors (Lipinski definition) is 3. The Kier molecular flexibility index (Phi) is 7.33. The van der Waals surface area contributed by atoms with Crippen molar-refractivity contribution in [1.29, 1.82) is 0 Å². The molecule has 2 fully saturated rings. The highest BCUT2D eigenvalue weighted by Gasteiger charge is 2.23. The highest BCUT2D eigenvalue weighted by Crippen LogP contribution is 2.23. The van der Waals surface area contributed by atoms with Crippen LogP contribution in [0.2, 0.25) is 0 Å². The Morgan fingerprint density at radius 3 is 2.63 bits per heavy atom. The van der Waals surface area contributed by atoms with E-state index in [-0.39, 0.29) is 11.8 Å². The summed E-state index contributed by atoms with van der Waals surface area (Å²) < 4.78 is 13.0. The number of urea groups is 1. The SMILES string of the molecule is C[C@@H](CNC(=O)NC[C@@H]1CCN(c2ccc(F)cc2)C1)CN1CCCCC1. The molecule has 0 unspecified atom stereocenters. The first-order valence-electron chi connectivity index (χ1n) is 10.3. The molecule has 0 saturated carbocycles. The number of hydrogen-bond donors (Lipinski definition) is 2. The molecule has 0 radical (unpaired) electrons. The quantitative estimate of drug-likeness (QED) is 0.769. The van der Waals surface area contributed by atoms with E-state index in [2.05, 4.69) is 27.4 Å². The minimum absolute atomic E-state index is 0.0688. The van der Waals surface area contributed by atoms with Gasteiger partial charge in [0.2, 0.25) is 0 Å². The maximum absolute atomic E-state index is 13.0. The molecule has 0 spiro atoms. The van der Waals surface area contributed by atoms with Crippen molar-refractivity contribution < 1.29 is 9.18 Å². The first-order valence-corrected chi connectivity index (χ1v) is 10.3. The van der Waals surface area contributed by atoms with Crippen LogP contribution in [0.3, 0.4) is 0 Å². The van der Waals surface area contributed by atoms with Crippen LogP contribution in [0, 0.1) is 17.7 Å². The summed E-state index contributed by atoms with van der Waals surface area (Å²) in [6.07, 6.45) is 5.00. The summed E-state index contributed by atoms with van der Waals surface area (Å²) in [6, 6.07) is 6.57. The van der Waals surface area contributed by atoms with Crippen molar-refractivity contribution in [3.05, 3.63) is 30.1 Å². The Labute approximate surface area is 162 Å². The van der Waals surface area contributed by atoms with E-state index in [4.69, 9.17) is 0 Å². The van der Waals surface area contributed by atoms with Gasteiger partial charge in [0.1, 0.15) is 5.82 Å². The zero-order chi connectivity index (χ0) is 19.1. The molecule has 1 aromatic rings. The van der Waals surface area contributed by atoms with E-state index in [0.717, 1.165) is 31.7 Å². The van der Waals surface area contributed by atoms with Gasteiger partial charge in [0.05, 0.1) is 0 Å². The third-order valence-electron chi connectivity index (χ3n) is 5.66. The van der Waals surface area contributed by atoms with Crippen molar-refractivity contribution in [2.45, 2.75) is 32.6 Å². The Balaban J connectivity index is 1.30. The van der Waals surface area contributed by atoms with Crippen molar-refractivity contribution >= 4 is 11.7 Å². The number of rotatable bonds is 7. The number of carbonyl (C=O) groups is 1. The van der Waals surface area contributed by atoms with Crippen LogP contribution in [0.4, 0.5) is 14.9 Å². The Hall–Kier alpha value is -1.82. The number of halogens is 1. The molecule has 2 amide bonds. The number of anilines is 1. The summed E-state index contributed by atoms with van der Waals surface area (Å²) in [7, 11) is 0. The highest BCUT2D eigenvalue weighted by molar-refractivity contribution is 5.73. The van der Waals surface area contributed by atoms with Crippen molar-refractivity contribution in [3.63, 3.8) is 0 Å². The molecule has 0 bridgehead atoms. The van der Waals surface area contributed by atoms with Crippen molar-refractivity contribution in [1.82, 2.24) is 15.5 Å². The van der Waals surface area contributed by atoms with Gasteiger partial charge < -0.3 is 20.4 Å². The number of benzene rings is 1. The van der Waals surface area contributed by atoms with Crippen molar-refractivity contribution in [2.24, 2.45) is 11.8 Å². The van der Waals surface area contributed by atoms with Gasteiger partial charge in [0, 0.05) is 38.4 Å². The minimum atomic E-state index is -0.206. The molecule has 3 rings (SSSR count). The first kappa shape index (κ1) is 19.9. The molecule has 2 heterocycles. The van der Waals surface area contributed by atoms with E-state index in [1.54, 1.807) is 0 Å². The molecule has 1 aromatic carbocycles. The van der Waals surface area contributed by atoms with Gasteiger partial charge in [-0.3, -0.25) is 0 Å². The summed E-state index contributed by atoms with van der Waals surface area (Å²) in [5, 5.41) is 6.03. The lowest BCUT2D eigenvalue weighted by Crippen LogP contribution is -2.42. The predicted molar refractivity (Wildman–Crippen MR) is 108 cm³/mol. The number of carbonyl (C=O) groups excluding carboxylic acids is 1. The Morgan fingerprint density at radius 2 is 1.89 bits per heavy atom. The maximum atomic E-state index is 13.0. The van der Waals surface area contributed by atoms with Gasteiger partial charge in [-0.15, -0.1) is 0 Å². The van der Waals surface area contributed by atoms with Crippen LogP contribution in [-0.2, 0) is 0 Å². The van der Waals surface area contributed by atoms with E-state index < -0.39 is 0 Å². The van der Waals surface area contributed by atoms with Crippen LogP contribution in [0.5, 0.6) is 0 Å². The number of likely N-dealkylation sites (tertiary alicyclic amines) is 1. The summed E-state index contributed by atoms with van der Waals surface area (Å²) in [5.41, 5.74) is 1.05. The summed E-state index contributed by atoms with van der Waals surface area (Å²) in [6.45, 7) is 8.91. The molecule has 2 atom stereocenters. The van der Waals surface area contributed by atoms with Gasteiger partial charge in [-0.2, -0.15) is 0 Å². The zero-order valence-corrected chi connectivity index (χ0v) is 16.4. The van der Waals surface area contributed by atoms with Gasteiger partial charge in [-0.05, 0) is 68.5 Å². The standard InChI is InChI=1S/C21H33FN4O/c1-17(15-25-10-3-2-4-11-25)13-23-21(27)24-14-18-9-12-26(16-18)20-7-5-19(22)6-8-20/h5-8,17-18H,2-4,9-16H2,1H3,(H2,23,24,27)/t17-,18-/m0/s1. The average molecular weight is 377 g/mol. The second kappa shape index (κ2) is 9.93. The Bertz CT molecular complexity index is 588. The predicted octanol–water partition coefficient (Wildman–Crippen LogP) is 3.07. The lowest BCUT2D eigenvalue weighted by molar-refractivity contribution is 0.197. The fraction of sp³-hybridized carbons (Fsp3) is 0.667. The van der Waals surface area contributed by atoms with Crippen LogP contribution in [0.15, 0.2) is 24.3 Å². The molecule has 150 valence electrons. The molecule has 27 heavy (non-hydrogen) atoms. The molecular weight excluding hydrogens is 343 g/mol. The number of piperidine rings is 1. The largest absolute Gasteiger partial charge is 0.371 e. The van der Waals surface area contributed by atoms with Crippen LogP contribution in [0.25, 0.3) is 0 Å². The zero-order valence-electron chi connectivity index (χ0n) is 16.4. The van der Waals surface area contributed by atoms with E-state index >= 15 is 0 Å². The summed E-state index contributed by atoms with van der Waals surface area (Å²) in [4.78, 5) is 16.9. The summed E-state index contributed by atoms with van der Waals surface area (Å²) >= 11 is 0. The highest BCUT2D eigenvalue weighted by atomic mass is 19.1. The van der Waals surface area contributed by atoms with E-state index in [0.29, 0.717) is 24.9 Å². The second-order valence-corrected chi connectivity index (χ2v) is 8.13. The van der Waals surface area contributed by atoms with Gasteiger partial charge in [0.15, 0.2) is 0 Å². The maximum Gasteiger partial charge on any atom is 0.314 e. The van der Waals surface area contributed by atoms with E-state index in [1.165, 1.54) is 44.5 Å². The van der Waals surface area contributed by atoms with Gasteiger partial charge in [0.25, 0.3) is 0 Å². The monoisotopic (exact) mass is 376 g/mol. The molecular formula is C21H33FN4O. The van der Waals surface area contributed by atoms with Crippen molar-refractivity contribution in [2.75, 3.05) is 50.7 Å². The molecule has 2 aliphatic heterocycles.